The van der Waals surface area contributed by atoms with Crippen LogP contribution in [0, 0.1) is 5.82 Å². The fraction of sp³-hybridized carbons (Fsp3) is 0.130. The summed E-state index contributed by atoms with van der Waals surface area (Å²) in [5.74, 6) is -1.14. The quantitative estimate of drug-likeness (QED) is 0.389. The Morgan fingerprint density at radius 3 is 2.60 bits per heavy atom. The molecule has 0 bridgehead atoms. The summed E-state index contributed by atoms with van der Waals surface area (Å²) in [4.78, 5) is 31.3. The monoisotopic (exact) mass is 398 g/mol. The number of carbonyl (C=O) groups excluding carboxylic acids is 2. The van der Waals surface area contributed by atoms with E-state index in [2.05, 4.69) is 32.9 Å². The fourth-order valence-corrected chi connectivity index (χ4v) is 5.39. The predicted octanol–water partition coefficient (Wildman–Crippen LogP) is 3.85. The van der Waals surface area contributed by atoms with Gasteiger partial charge in [0, 0.05) is 33.6 Å². The van der Waals surface area contributed by atoms with Crippen molar-refractivity contribution < 1.29 is 14.0 Å². The molecule has 0 atom stereocenters. The summed E-state index contributed by atoms with van der Waals surface area (Å²) >= 11 is 0. The van der Waals surface area contributed by atoms with E-state index in [-0.39, 0.29) is 11.7 Å². The number of fused-ring (bicyclic) bond motifs is 10. The lowest BCUT2D eigenvalue weighted by atomic mass is 9.96. The highest BCUT2D eigenvalue weighted by molar-refractivity contribution is 6.39. The van der Waals surface area contributed by atoms with E-state index in [0.29, 0.717) is 28.7 Å². The summed E-state index contributed by atoms with van der Waals surface area (Å²) in [6.07, 6.45) is 0. The molecule has 0 fully saturated rings. The molecule has 7 heteroatoms. The molecule has 2 aromatic heterocycles. The van der Waals surface area contributed by atoms with E-state index in [1.54, 1.807) is 6.07 Å². The average Bonchev–Trinajstić information content (AvgIpc) is 3.32. The Morgan fingerprint density at radius 2 is 1.77 bits per heavy atom. The number of hydrogen-bond acceptors (Lipinski definition) is 3. The zero-order valence-corrected chi connectivity index (χ0v) is 16.0. The van der Waals surface area contributed by atoms with Crippen LogP contribution in [0.15, 0.2) is 36.4 Å². The number of hydrogen-bond donors (Lipinski definition) is 2. The van der Waals surface area contributed by atoms with Crippen LogP contribution in [0.3, 0.4) is 0 Å². The van der Waals surface area contributed by atoms with E-state index in [1.807, 2.05) is 12.1 Å². The van der Waals surface area contributed by atoms with Crippen LogP contribution < -0.4 is 5.32 Å². The number of nitrogens with one attached hydrogen (secondary N) is 2. The van der Waals surface area contributed by atoms with Gasteiger partial charge < -0.3 is 9.55 Å². The summed E-state index contributed by atoms with van der Waals surface area (Å²) in [6, 6.07) is 10.6. The van der Waals surface area contributed by atoms with Gasteiger partial charge in [0.05, 0.1) is 34.3 Å². The molecule has 0 saturated carbocycles. The van der Waals surface area contributed by atoms with Crippen molar-refractivity contribution in [3.63, 3.8) is 0 Å². The molecule has 2 aliphatic rings. The van der Waals surface area contributed by atoms with Gasteiger partial charge in [0.2, 0.25) is 0 Å². The summed E-state index contributed by atoms with van der Waals surface area (Å²) < 4.78 is 16.2. The van der Waals surface area contributed by atoms with E-state index in [0.717, 1.165) is 39.3 Å². The maximum Gasteiger partial charge on any atom is 0.259 e. The Bertz CT molecular complexity index is 1640. The van der Waals surface area contributed by atoms with Crippen LogP contribution >= 0.6 is 0 Å². The highest BCUT2D eigenvalue weighted by Gasteiger charge is 2.36. The third kappa shape index (κ3) is 1.73. The summed E-state index contributed by atoms with van der Waals surface area (Å²) in [7, 11) is 2.05. The minimum atomic E-state index is -0.406. The van der Waals surface area contributed by atoms with Gasteiger partial charge in [-0.2, -0.15) is 0 Å². The van der Waals surface area contributed by atoms with Gasteiger partial charge in [0.15, 0.2) is 0 Å². The lowest BCUT2D eigenvalue weighted by molar-refractivity contribution is 0.0880. The average molecular weight is 398 g/mol. The Morgan fingerprint density at radius 1 is 0.967 bits per heavy atom. The number of H-pyrrole nitrogens is 1. The summed E-state index contributed by atoms with van der Waals surface area (Å²) in [5.41, 5.74) is 5.28. The number of halogens is 1. The first-order chi connectivity index (χ1) is 14.5. The zero-order chi connectivity index (χ0) is 20.3. The van der Waals surface area contributed by atoms with E-state index < -0.39 is 5.91 Å². The lowest BCUT2D eigenvalue weighted by Gasteiger charge is -2.25. The van der Waals surface area contributed by atoms with Gasteiger partial charge in [-0.15, -0.1) is 0 Å². The molecular weight excluding hydrogens is 383 g/mol. The van der Waals surface area contributed by atoms with Crippen LogP contribution in [-0.4, -0.2) is 33.3 Å². The molecule has 146 valence electrons. The van der Waals surface area contributed by atoms with E-state index in [9.17, 15) is 14.0 Å². The van der Waals surface area contributed by atoms with Crippen LogP contribution in [0.25, 0.3) is 43.6 Å². The molecule has 0 aliphatic carbocycles. The molecule has 0 unspecified atom stereocenters. The molecule has 30 heavy (non-hydrogen) atoms. The van der Waals surface area contributed by atoms with E-state index >= 15 is 0 Å². The maximum absolute atomic E-state index is 14.0. The van der Waals surface area contributed by atoms with Crippen LogP contribution in [0.5, 0.6) is 0 Å². The first-order valence-corrected chi connectivity index (χ1v) is 9.78. The first kappa shape index (κ1) is 16.1. The van der Waals surface area contributed by atoms with Crippen LogP contribution in [0.4, 0.5) is 4.39 Å². The number of amides is 2. The van der Waals surface area contributed by atoms with Gasteiger partial charge in [-0.05, 0) is 30.8 Å². The van der Waals surface area contributed by atoms with Gasteiger partial charge in [-0.3, -0.25) is 19.8 Å². The molecule has 6 nitrogen and oxygen atoms in total. The number of carbonyl (C=O) groups is 2. The van der Waals surface area contributed by atoms with Crippen LogP contribution in [-0.2, 0) is 13.2 Å². The Balaban J connectivity index is 1.86. The molecule has 2 aliphatic heterocycles. The van der Waals surface area contributed by atoms with Crippen molar-refractivity contribution in [3.8, 4) is 0 Å². The van der Waals surface area contributed by atoms with E-state index in [4.69, 9.17) is 0 Å². The van der Waals surface area contributed by atoms with Gasteiger partial charge in [0.25, 0.3) is 11.8 Å². The number of aromatic nitrogens is 2. The highest BCUT2D eigenvalue weighted by Crippen LogP contribution is 2.45. The van der Waals surface area contributed by atoms with Gasteiger partial charge >= 0.3 is 0 Å². The smallest absolute Gasteiger partial charge is 0.259 e. The largest absolute Gasteiger partial charge is 0.353 e. The third-order valence-electron chi connectivity index (χ3n) is 6.42. The fourth-order valence-electron chi connectivity index (χ4n) is 5.39. The van der Waals surface area contributed by atoms with Crippen LogP contribution in [0.1, 0.15) is 26.3 Å². The van der Waals surface area contributed by atoms with Crippen molar-refractivity contribution in [2.45, 2.75) is 13.2 Å². The summed E-state index contributed by atoms with van der Waals surface area (Å²) in [5, 5.41) is 5.62. The maximum atomic E-state index is 14.0. The SMILES string of the molecule is CN1Cc2cccc3c4c5c(c6c7ccc(F)cc7[nH]c6c4n(c23)C1)C(=O)NC5=O. The first-order valence-electron chi connectivity index (χ1n) is 9.78. The number of imide groups is 1. The topological polar surface area (TPSA) is 70.1 Å². The predicted molar refractivity (Wildman–Crippen MR) is 112 cm³/mol. The number of benzene rings is 3. The van der Waals surface area contributed by atoms with Gasteiger partial charge in [-0.1, -0.05) is 18.2 Å². The van der Waals surface area contributed by atoms with Crippen molar-refractivity contribution in [3.05, 3.63) is 58.9 Å². The van der Waals surface area contributed by atoms with Crippen molar-refractivity contribution in [2.75, 3.05) is 7.05 Å². The minimum Gasteiger partial charge on any atom is -0.353 e. The van der Waals surface area contributed by atoms with Crippen molar-refractivity contribution in [2.24, 2.45) is 0 Å². The molecule has 5 aromatic rings. The second-order valence-electron chi connectivity index (χ2n) is 8.22. The van der Waals surface area contributed by atoms with Crippen molar-refractivity contribution >= 4 is 55.4 Å². The number of nitrogens with zero attached hydrogens (tertiary/aromatic N) is 2. The standard InChI is InChI=1S/C23H15FN4O2/c1-27-8-10-3-2-4-13-16-18-17(22(29)26-23(18)30)15-12-6-5-11(24)7-14(12)25-19(15)21(16)28(9-27)20(10)13/h2-7,25H,8-9H2,1H3,(H,26,29,30). The van der Waals surface area contributed by atoms with Gasteiger partial charge in [-0.25, -0.2) is 4.39 Å². The second-order valence-corrected chi connectivity index (χ2v) is 8.22. The molecule has 3 aromatic carbocycles. The Labute approximate surface area is 168 Å². The van der Waals surface area contributed by atoms with Crippen molar-refractivity contribution in [1.29, 1.82) is 0 Å². The Hall–Kier alpha value is -3.71. The molecule has 7 rings (SSSR count). The molecule has 2 amide bonds. The number of aromatic amines is 1. The number of para-hydroxylation sites is 1. The van der Waals surface area contributed by atoms with E-state index in [1.165, 1.54) is 17.7 Å². The molecule has 0 radical (unpaired) electrons. The second kappa shape index (κ2) is 5.06. The molecule has 2 N–H and O–H groups in total. The summed E-state index contributed by atoms with van der Waals surface area (Å²) in [6.45, 7) is 1.46. The molecular formula is C23H15FN4O2. The van der Waals surface area contributed by atoms with Crippen LogP contribution in [0.2, 0.25) is 0 Å². The highest BCUT2D eigenvalue weighted by atomic mass is 19.1. The third-order valence-corrected chi connectivity index (χ3v) is 6.42. The van der Waals surface area contributed by atoms with Gasteiger partial charge in [0.1, 0.15) is 5.82 Å². The minimum absolute atomic E-state index is 0.355. The molecule has 0 spiro atoms. The lowest BCUT2D eigenvalue weighted by Crippen LogP contribution is -2.26. The normalized spacial score (nSPS) is 16.3. The zero-order valence-electron chi connectivity index (χ0n) is 16.0. The molecule has 0 saturated heterocycles. The Kier molecular flexibility index (Phi) is 2.72. The number of rotatable bonds is 0. The molecule has 4 heterocycles. The van der Waals surface area contributed by atoms with Crippen molar-refractivity contribution in [1.82, 2.24) is 19.8 Å².